The molecule has 0 aromatic rings. The summed E-state index contributed by atoms with van der Waals surface area (Å²) in [7, 11) is 1.68. The van der Waals surface area contributed by atoms with Gasteiger partial charge in [0.05, 0.1) is 13.1 Å². The quantitative estimate of drug-likeness (QED) is 0.516. The van der Waals surface area contributed by atoms with Crippen LogP contribution in [-0.2, 0) is 0 Å². The maximum Gasteiger partial charge on any atom is 0.272 e. The predicted molar refractivity (Wildman–Crippen MR) is 40.5 cm³/mol. The Morgan fingerprint density at radius 2 is 1.50 bits per heavy atom. The van der Waals surface area contributed by atoms with Crippen molar-refractivity contribution in [3.05, 3.63) is 0 Å². The Morgan fingerprint density at radius 1 is 1.20 bits per heavy atom. The minimum Gasteiger partial charge on any atom is -0.295 e. The molecule has 0 unspecified atom stereocenters. The van der Waals surface area contributed by atoms with Gasteiger partial charge in [0.1, 0.15) is 0 Å². The predicted octanol–water partition coefficient (Wildman–Crippen LogP) is 2.23. The molecular weight excluding hydrogens is 136 g/mol. The van der Waals surface area contributed by atoms with Crippen molar-refractivity contribution in [3.63, 3.8) is 0 Å². The lowest BCUT2D eigenvalue weighted by atomic mass is 10.2. The van der Waals surface area contributed by atoms with E-state index in [9.17, 15) is 8.78 Å². The monoisotopic (exact) mass is 153 g/mol. The number of hydrogen-bond donors (Lipinski definition) is 0. The van der Waals surface area contributed by atoms with Gasteiger partial charge in [-0.15, -0.1) is 0 Å². The van der Waals surface area contributed by atoms with Crippen LogP contribution in [0.1, 0.15) is 21.3 Å². The molecule has 64 valence electrons. The van der Waals surface area contributed by atoms with Crippen LogP contribution in [-0.4, -0.2) is 31.0 Å². The first kappa shape index (κ1) is 12.5. The molecular formula is C7H17F2N. The summed E-state index contributed by atoms with van der Waals surface area (Å²) < 4.78 is 23.5. The molecule has 0 radical (unpaired) electrons. The Morgan fingerprint density at radius 3 is 1.50 bits per heavy atom. The molecule has 1 aliphatic rings. The topological polar surface area (TPSA) is 3.24 Å². The standard InChI is InChI=1S/C4H7F2N.C2H6.CH4/c1-7-2-4(5,6)3-7;1-2;/h2-3H2,1H3;1-2H3;1H4. The molecule has 0 atom stereocenters. The minimum absolute atomic E-state index is 0. The van der Waals surface area contributed by atoms with Gasteiger partial charge >= 0.3 is 0 Å². The summed E-state index contributed by atoms with van der Waals surface area (Å²) >= 11 is 0. The molecule has 0 N–H and O–H groups in total. The summed E-state index contributed by atoms with van der Waals surface area (Å²) in [4.78, 5) is 1.58. The molecule has 1 aliphatic heterocycles. The molecule has 0 aromatic heterocycles. The summed E-state index contributed by atoms with van der Waals surface area (Å²) in [5.74, 6) is -2.38. The van der Waals surface area contributed by atoms with E-state index in [0.717, 1.165) is 0 Å². The summed E-state index contributed by atoms with van der Waals surface area (Å²) in [6.45, 7) is 3.88. The van der Waals surface area contributed by atoms with Gasteiger partial charge < -0.3 is 0 Å². The van der Waals surface area contributed by atoms with E-state index < -0.39 is 5.92 Å². The molecule has 0 saturated carbocycles. The molecule has 0 aromatic carbocycles. The van der Waals surface area contributed by atoms with Gasteiger partial charge in [-0.3, -0.25) is 4.90 Å². The zero-order valence-corrected chi connectivity index (χ0v) is 6.12. The number of likely N-dealkylation sites (tertiary alicyclic amines) is 1. The highest BCUT2D eigenvalue weighted by atomic mass is 19.3. The highest BCUT2D eigenvalue weighted by Crippen LogP contribution is 2.23. The number of alkyl halides is 2. The average Bonchev–Trinajstić information content (AvgIpc) is 1.67. The van der Waals surface area contributed by atoms with Crippen LogP contribution in [0.4, 0.5) is 8.78 Å². The van der Waals surface area contributed by atoms with Crippen LogP contribution in [0.2, 0.25) is 0 Å². The molecule has 0 amide bonds. The Bertz CT molecular complexity index is 75.7. The van der Waals surface area contributed by atoms with Crippen molar-refractivity contribution in [1.82, 2.24) is 4.90 Å². The highest BCUT2D eigenvalue weighted by Gasteiger charge is 2.41. The lowest BCUT2D eigenvalue weighted by molar-refractivity contribution is -0.119. The lowest BCUT2D eigenvalue weighted by Gasteiger charge is -2.35. The lowest BCUT2D eigenvalue weighted by Crippen LogP contribution is -2.53. The SMILES string of the molecule is C.CC.CN1CC(F)(F)C1. The third kappa shape index (κ3) is 3.77. The maximum absolute atomic E-state index is 11.7. The second kappa shape index (κ2) is 4.61. The van der Waals surface area contributed by atoms with Gasteiger partial charge in [0, 0.05) is 0 Å². The van der Waals surface area contributed by atoms with Crippen LogP contribution < -0.4 is 0 Å². The van der Waals surface area contributed by atoms with Gasteiger partial charge in [0.15, 0.2) is 0 Å². The molecule has 3 heteroatoms. The van der Waals surface area contributed by atoms with Gasteiger partial charge in [0.25, 0.3) is 5.92 Å². The summed E-state index contributed by atoms with van der Waals surface area (Å²) in [6, 6.07) is 0. The van der Waals surface area contributed by atoms with E-state index in [-0.39, 0.29) is 20.5 Å². The average molecular weight is 153 g/mol. The molecule has 1 heterocycles. The van der Waals surface area contributed by atoms with Crippen molar-refractivity contribution >= 4 is 0 Å². The zero-order valence-electron chi connectivity index (χ0n) is 6.12. The van der Waals surface area contributed by atoms with Crippen molar-refractivity contribution in [3.8, 4) is 0 Å². The first-order chi connectivity index (χ1) is 4.10. The summed E-state index contributed by atoms with van der Waals surface area (Å²) in [5, 5.41) is 0. The van der Waals surface area contributed by atoms with Gasteiger partial charge in [-0.1, -0.05) is 21.3 Å². The highest BCUT2D eigenvalue weighted by molar-refractivity contribution is 4.83. The van der Waals surface area contributed by atoms with E-state index in [0.29, 0.717) is 0 Å². The molecule has 1 fully saturated rings. The third-order valence-electron chi connectivity index (χ3n) is 1.00. The normalized spacial score (nSPS) is 21.3. The molecule has 0 spiro atoms. The molecule has 1 nitrogen and oxygen atoms in total. The van der Waals surface area contributed by atoms with Gasteiger partial charge in [-0.25, -0.2) is 8.78 Å². The minimum atomic E-state index is -2.38. The van der Waals surface area contributed by atoms with Crippen molar-refractivity contribution in [2.24, 2.45) is 0 Å². The van der Waals surface area contributed by atoms with Crippen LogP contribution in [0.5, 0.6) is 0 Å². The second-order valence-corrected chi connectivity index (χ2v) is 2.03. The van der Waals surface area contributed by atoms with Crippen LogP contribution in [0.15, 0.2) is 0 Å². The van der Waals surface area contributed by atoms with E-state index in [1.165, 1.54) is 0 Å². The number of rotatable bonds is 0. The van der Waals surface area contributed by atoms with Crippen LogP contribution in [0, 0.1) is 0 Å². The van der Waals surface area contributed by atoms with E-state index in [2.05, 4.69) is 0 Å². The van der Waals surface area contributed by atoms with E-state index in [1.807, 2.05) is 13.8 Å². The Labute approximate surface area is 62.0 Å². The third-order valence-corrected chi connectivity index (χ3v) is 1.00. The molecule has 1 saturated heterocycles. The van der Waals surface area contributed by atoms with Crippen molar-refractivity contribution < 1.29 is 8.78 Å². The number of nitrogens with zero attached hydrogens (tertiary/aromatic N) is 1. The maximum atomic E-state index is 11.7. The van der Waals surface area contributed by atoms with Crippen molar-refractivity contribution in [2.75, 3.05) is 20.1 Å². The van der Waals surface area contributed by atoms with E-state index >= 15 is 0 Å². The number of hydrogen-bond acceptors (Lipinski definition) is 1. The largest absolute Gasteiger partial charge is 0.295 e. The van der Waals surface area contributed by atoms with Crippen LogP contribution in [0.3, 0.4) is 0 Å². The molecule has 0 bridgehead atoms. The molecule has 1 rings (SSSR count). The van der Waals surface area contributed by atoms with Gasteiger partial charge in [0.2, 0.25) is 0 Å². The van der Waals surface area contributed by atoms with Crippen molar-refractivity contribution in [2.45, 2.75) is 27.2 Å². The molecule has 10 heavy (non-hydrogen) atoms. The van der Waals surface area contributed by atoms with Gasteiger partial charge in [-0.05, 0) is 7.05 Å². The summed E-state index contributed by atoms with van der Waals surface area (Å²) in [6.07, 6.45) is 0. The van der Waals surface area contributed by atoms with Crippen LogP contribution >= 0.6 is 0 Å². The van der Waals surface area contributed by atoms with E-state index in [1.54, 1.807) is 11.9 Å². The van der Waals surface area contributed by atoms with E-state index in [4.69, 9.17) is 0 Å². The fourth-order valence-electron chi connectivity index (χ4n) is 0.743. The van der Waals surface area contributed by atoms with Gasteiger partial charge in [-0.2, -0.15) is 0 Å². The first-order valence-corrected chi connectivity index (χ1v) is 3.16. The fraction of sp³-hybridized carbons (Fsp3) is 1.00. The smallest absolute Gasteiger partial charge is 0.272 e. The second-order valence-electron chi connectivity index (χ2n) is 2.03. The number of halogens is 2. The zero-order chi connectivity index (χ0) is 7.49. The Balaban J connectivity index is 0. The van der Waals surface area contributed by atoms with Crippen LogP contribution in [0.25, 0.3) is 0 Å². The Hall–Kier alpha value is -0.180. The Kier molecular flexibility index (Phi) is 5.76. The summed E-state index contributed by atoms with van der Waals surface area (Å²) in [5.41, 5.74) is 0. The molecule has 0 aliphatic carbocycles. The fourth-order valence-corrected chi connectivity index (χ4v) is 0.743. The first-order valence-electron chi connectivity index (χ1n) is 3.16. The van der Waals surface area contributed by atoms with Crippen molar-refractivity contribution in [1.29, 1.82) is 0 Å².